The number of ether oxygens (including phenoxy) is 2. The number of benzene rings is 2. The van der Waals surface area contributed by atoms with Gasteiger partial charge in [0.25, 0.3) is 22.8 Å². The summed E-state index contributed by atoms with van der Waals surface area (Å²) in [6.45, 7) is 4.93. The quantitative estimate of drug-likeness (QED) is 0.0258. The molecule has 60 heavy (non-hydrogen) atoms. The van der Waals surface area contributed by atoms with Gasteiger partial charge in [-0.15, -0.1) is 0 Å². The zero-order chi connectivity index (χ0) is 42.9. The fourth-order valence-electron chi connectivity index (χ4n) is 6.07. The smallest absolute Gasteiger partial charge is 0.305 e. The van der Waals surface area contributed by atoms with Crippen molar-refractivity contribution in [2.75, 3.05) is 19.8 Å². The highest BCUT2D eigenvalue weighted by molar-refractivity contribution is 7.71. The van der Waals surface area contributed by atoms with Crippen LogP contribution in [0.25, 0.3) is 50.4 Å². The molecule has 20 nitrogen and oxygen atoms in total. The zero-order valence-corrected chi connectivity index (χ0v) is 33.0. The maximum Gasteiger partial charge on any atom is 0.305 e. The van der Waals surface area contributed by atoms with E-state index in [1.807, 2.05) is 0 Å². The van der Waals surface area contributed by atoms with Crippen molar-refractivity contribution in [3.8, 4) is 22.6 Å². The van der Waals surface area contributed by atoms with Crippen LogP contribution in [0.1, 0.15) is 50.0 Å². The Morgan fingerprint density at radius 2 is 1.35 bits per heavy atom. The Morgan fingerprint density at radius 3 is 1.92 bits per heavy atom. The molecule has 4 N–H and O–H groups in total. The van der Waals surface area contributed by atoms with Gasteiger partial charge in [-0.05, 0) is 63.2 Å². The van der Waals surface area contributed by atoms with Gasteiger partial charge in [0.15, 0.2) is 15.9 Å². The molecule has 0 aliphatic rings. The van der Waals surface area contributed by atoms with Crippen LogP contribution in [0.3, 0.4) is 0 Å². The summed E-state index contributed by atoms with van der Waals surface area (Å²) >= 11 is 5.56. The number of furan rings is 2. The van der Waals surface area contributed by atoms with Gasteiger partial charge in [0, 0.05) is 85.6 Å². The van der Waals surface area contributed by atoms with Crippen molar-refractivity contribution >= 4 is 69.2 Å². The van der Waals surface area contributed by atoms with Gasteiger partial charge >= 0.3 is 11.9 Å². The van der Waals surface area contributed by atoms with Crippen LogP contribution in [-0.4, -0.2) is 66.6 Å². The third-order valence-corrected chi connectivity index (χ3v) is 9.32. The number of nitro benzene ring substituents is 2. The van der Waals surface area contributed by atoms with Crippen molar-refractivity contribution in [3.63, 3.8) is 0 Å². The summed E-state index contributed by atoms with van der Waals surface area (Å²) in [5.74, 6) is 0.0880. The van der Waals surface area contributed by atoms with Crippen LogP contribution in [-0.2, 0) is 25.6 Å². The van der Waals surface area contributed by atoms with Crippen LogP contribution in [0.4, 0.5) is 11.4 Å². The zero-order valence-electron chi connectivity index (χ0n) is 32.2. The van der Waals surface area contributed by atoms with Gasteiger partial charge in [-0.25, -0.2) is 5.43 Å². The average molecular weight is 843 g/mol. The van der Waals surface area contributed by atoms with E-state index in [9.17, 15) is 39.4 Å². The maximum absolute atomic E-state index is 12.5. The molecule has 312 valence electrons. The number of H-pyrrole nitrogens is 2. The number of hydrogen-bond donors (Lipinski definition) is 4. The number of hydrazine groups is 1. The third kappa shape index (κ3) is 9.82. The molecule has 0 saturated heterocycles. The number of amides is 1. The molecule has 0 spiro atoms. The first kappa shape index (κ1) is 42.2. The molecule has 0 aliphatic carbocycles. The van der Waals surface area contributed by atoms with Gasteiger partial charge in [-0.1, -0.05) is 0 Å². The summed E-state index contributed by atoms with van der Waals surface area (Å²) in [6.07, 6.45) is 1.48. The highest BCUT2D eigenvalue weighted by atomic mass is 32.1. The Hall–Kier alpha value is -7.39. The molecule has 5 heterocycles. The first-order valence-corrected chi connectivity index (χ1v) is 19.0. The lowest BCUT2D eigenvalue weighted by atomic mass is 10.1. The lowest BCUT2D eigenvalue weighted by Crippen LogP contribution is -2.38. The van der Waals surface area contributed by atoms with Crippen LogP contribution in [0.2, 0.25) is 0 Å². The highest BCUT2D eigenvalue weighted by Crippen LogP contribution is 2.31. The molecule has 0 unspecified atom stereocenters. The highest BCUT2D eigenvalue weighted by Gasteiger charge is 2.18. The van der Waals surface area contributed by atoms with E-state index in [0.717, 1.165) is 0 Å². The number of fused-ring (bicyclic) bond motifs is 4. The van der Waals surface area contributed by atoms with E-state index >= 15 is 0 Å². The van der Waals surface area contributed by atoms with Gasteiger partial charge in [0.2, 0.25) is 0 Å². The standard InChI is InChI=1S/C20H18N4O6S.C19H20N4O6/c1-2-29-18(25)4-3-9-22-20(31)23-14-10-16(12-5-7-13(8-6-12)24(27)28)30-17(14)11-15(23)19(26)21-22;1-2-28-18(24)4-3-9-20-22-19(25)15-11-17-14(21-15)10-16(29-17)12-5-7-13(8-6-12)23(26)27/h5-8,10-11H,2-4,9H2,1H3,(H,21,26);5-8,10-11,20-21H,2-4,9H2,1H3,(H,22,25). The normalized spacial score (nSPS) is 11.0. The van der Waals surface area contributed by atoms with E-state index in [1.165, 1.54) is 28.9 Å². The fourth-order valence-corrected chi connectivity index (χ4v) is 6.40. The number of esters is 2. The molecule has 1 amide bonds. The first-order valence-electron chi connectivity index (χ1n) is 18.6. The average Bonchev–Trinajstić information content (AvgIpc) is 4.01. The molecule has 5 aromatic heterocycles. The summed E-state index contributed by atoms with van der Waals surface area (Å²) in [4.78, 5) is 71.1. The number of nitro groups is 2. The minimum atomic E-state index is -0.470. The van der Waals surface area contributed by atoms with Gasteiger partial charge in [-0.3, -0.25) is 59.0 Å². The third-order valence-electron chi connectivity index (χ3n) is 8.91. The second-order valence-corrected chi connectivity index (χ2v) is 13.3. The number of nitrogens with zero attached hydrogens (tertiary/aromatic N) is 4. The number of aromatic nitrogens is 4. The number of nitrogens with one attached hydrogen (secondary N) is 4. The van der Waals surface area contributed by atoms with E-state index in [4.69, 9.17) is 30.5 Å². The fraction of sp³-hybridized carbons (Fsp3) is 0.256. The van der Waals surface area contributed by atoms with Gasteiger partial charge in [0.05, 0.1) is 34.1 Å². The SMILES string of the molecule is CCOC(=O)CCCNNC(=O)c1cc2oc(-c3ccc([N+](=O)[O-])cc3)cc2[nH]1.CCOC(=O)CCCn1[nH]c(=O)c2cc3oc(-c4ccc([N+](=O)[O-])cc4)cc3n2c1=S. The molecular formula is C39H38N8O12S. The predicted octanol–water partition coefficient (Wildman–Crippen LogP) is 6.74. The number of rotatable bonds is 16. The number of carbonyl (C=O) groups excluding carboxylic acids is 3. The molecule has 0 fully saturated rings. The van der Waals surface area contributed by atoms with Crippen molar-refractivity contribution in [2.24, 2.45) is 0 Å². The number of non-ortho nitro benzene ring substituents is 2. The van der Waals surface area contributed by atoms with E-state index in [2.05, 4.69) is 20.9 Å². The summed E-state index contributed by atoms with van der Waals surface area (Å²) in [5.41, 5.74) is 9.14. The van der Waals surface area contributed by atoms with E-state index in [-0.39, 0.29) is 47.6 Å². The van der Waals surface area contributed by atoms with Crippen molar-refractivity contribution < 1.29 is 42.5 Å². The van der Waals surface area contributed by atoms with Crippen molar-refractivity contribution in [2.45, 2.75) is 46.1 Å². The molecule has 21 heteroatoms. The van der Waals surface area contributed by atoms with Gasteiger partial charge < -0.3 is 23.3 Å². The molecule has 0 bridgehead atoms. The molecule has 0 saturated carbocycles. The Labute approximate surface area is 343 Å². The van der Waals surface area contributed by atoms with Crippen molar-refractivity contribution in [3.05, 3.63) is 114 Å². The molecule has 0 atom stereocenters. The first-order chi connectivity index (χ1) is 28.9. The lowest BCUT2D eigenvalue weighted by molar-refractivity contribution is -0.385. The number of hydrogen-bond acceptors (Lipinski definition) is 14. The minimum absolute atomic E-state index is 0.000388. The molecule has 0 radical (unpaired) electrons. The van der Waals surface area contributed by atoms with Crippen LogP contribution < -0.4 is 16.4 Å². The minimum Gasteiger partial charge on any atom is -0.466 e. The second-order valence-electron chi connectivity index (χ2n) is 13.0. The van der Waals surface area contributed by atoms with E-state index in [1.54, 1.807) is 66.8 Å². The van der Waals surface area contributed by atoms with Crippen LogP contribution in [0.5, 0.6) is 0 Å². The monoisotopic (exact) mass is 842 g/mol. The van der Waals surface area contributed by atoms with Crippen molar-refractivity contribution in [1.29, 1.82) is 0 Å². The second kappa shape index (κ2) is 18.9. The topological polar surface area (TPSA) is 264 Å². The van der Waals surface area contributed by atoms with Crippen LogP contribution >= 0.6 is 12.2 Å². The molecule has 2 aromatic carbocycles. The van der Waals surface area contributed by atoms with Crippen molar-refractivity contribution in [1.82, 2.24) is 30.0 Å². The Bertz CT molecular complexity index is 2780. The molecule has 0 aliphatic heterocycles. The summed E-state index contributed by atoms with van der Waals surface area (Å²) < 4.78 is 24.8. The number of carbonyl (C=O) groups is 3. The van der Waals surface area contributed by atoms with Gasteiger partial charge in [-0.2, -0.15) is 0 Å². The van der Waals surface area contributed by atoms with Crippen LogP contribution in [0.15, 0.2) is 86.4 Å². The summed E-state index contributed by atoms with van der Waals surface area (Å²) in [5, 5.41) is 24.3. The largest absolute Gasteiger partial charge is 0.466 e. The number of aryl methyl sites for hydroxylation is 1. The van der Waals surface area contributed by atoms with Crippen LogP contribution in [0, 0.1) is 25.0 Å². The van der Waals surface area contributed by atoms with E-state index in [0.29, 0.717) is 100.0 Å². The summed E-state index contributed by atoms with van der Waals surface area (Å²) in [7, 11) is 0. The molecule has 7 aromatic rings. The summed E-state index contributed by atoms with van der Waals surface area (Å²) in [6, 6.07) is 18.6. The predicted molar refractivity (Wildman–Crippen MR) is 219 cm³/mol. The Morgan fingerprint density at radius 1 is 0.783 bits per heavy atom. The lowest BCUT2D eigenvalue weighted by Gasteiger charge is -2.08. The number of aromatic amines is 2. The molecular weight excluding hydrogens is 805 g/mol. The molecule has 7 rings (SSSR count). The Balaban J connectivity index is 0.000000202. The maximum atomic E-state index is 12.5. The van der Waals surface area contributed by atoms with Gasteiger partial charge in [0.1, 0.15) is 22.7 Å². The van der Waals surface area contributed by atoms with E-state index < -0.39 is 9.85 Å². The Kier molecular flexibility index (Phi) is 13.3.